The van der Waals surface area contributed by atoms with Crippen LogP contribution in [0.4, 0.5) is 39.5 Å². The largest absolute Gasteiger partial charge is 0.401 e. The third-order valence-corrected chi connectivity index (χ3v) is 3.36. The highest BCUT2D eigenvalue weighted by atomic mass is 79.9. The minimum Gasteiger partial charge on any atom is -0.207 e. The summed E-state index contributed by atoms with van der Waals surface area (Å²) >= 11 is 2.06. The second kappa shape index (κ2) is 5.45. The molecule has 0 aliphatic rings. The van der Waals surface area contributed by atoms with Gasteiger partial charge < -0.3 is 0 Å². The number of alkyl halides is 7. The molecule has 0 fully saturated rings. The lowest BCUT2D eigenvalue weighted by atomic mass is 9.97. The van der Waals surface area contributed by atoms with Gasteiger partial charge >= 0.3 is 12.4 Å². The molecule has 0 aliphatic heterocycles. The molecule has 1 rings (SSSR count). The first-order chi connectivity index (χ1) is 8.85. The summed E-state index contributed by atoms with van der Waals surface area (Å²) in [6, 6.07) is -0.169. The molecular weight excluding hydrogens is 371 g/mol. The molecule has 0 amide bonds. The summed E-state index contributed by atoms with van der Waals surface area (Å²) < 4.78 is 113. The Balaban J connectivity index is 3.34. The average molecular weight is 375 g/mol. The molecule has 0 saturated carbocycles. The maximum atomic E-state index is 13.2. The maximum absolute atomic E-state index is 13.2. The summed E-state index contributed by atoms with van der Waals surface area (Å²) in [6.45, 7) is 0. The SMILES string of the molecule is Fc1cc(F)c(C(Br)C(C(F)(F)F)C(F)(F)F)cc1F. The van der Waals surface area contributed by atoms with Crippen LogP contribution in [-0.4, -0.2) is 12.4 Å². The molecule has 1 unspecified atom stereocenters. The van der Waals surface area contributed by atoms with Crippen molar-refractivity contribution >= 4 is 15.9 Å². The zero-order valence-corrected chi connectivity index (χ0v) is 10.7. The predicted octanol–water partition coefficient (Wildman–Crippen LogP) is 5.28. The Morgan fingerprint density at radius 3 is 1.55 bits per heavy atom. The van der Waals surface area contributed by atoms with Gasteiger partial charge in [-0.15, -0.1) is 0 Å². The third kappa shape index (κ3) is 3.58. The molecule has 0 heterocycles. The predicted molar refractivity (Wildman–Crippen MR) is 53.6 cm³/mol. The monoisotopic (exact) mass is 374 g/mol. The lowest BCUT2D eigenvalue weighted by Crippen LogP contribution is -2.39. The number of benzene rings is 1. The fourth-order valence-corrected chi connectivity index (χ4v) is 2.40. The van der Waals surface area contributed by atoms with Crippen LogP contribution >= 0.6 is 15.9 Å². The first-order valence-corrected chi connectivity index (χ1v) is 5.69. The van der Waals surface area contributed by atoms with Crippen LogP contribution in [0.15, 0.2) is 12.1 Å². The summed E-state index contributed by atoms with van der Waals surface area (Å²) in [5.41, 5.74) is -1.27. The molecule has 0 bridgehead atoms. The third-order valence-electron chi connectivity index (χ3n) is 2.33. The van der Waals surface area contributed by atoms with Crippen molar-refractivity contribution in [3.63, 3.8) is 0 Å². The molecule has 10 heteroatoms. The van der Waals surface area contributed by atoms with Crippen LogP contribution in [0.5, 0.6) is 0 Å². The molecule has 114 valence electrons. The van der Waals surface area contributed by atoms with Crippen molar-refractivity contribution in [3.8, 4) is 0 Å². The fraction of sp³-hybridized carbons (Fsp3) is 0.400. The van der Waals surface area contributed by atoms with Gasteiger partial charge in [0.15, 0.2) is 17.6 Å². The van der Waals surface area contributed by atoms with Crippen molar-refractivity contribution in [2.75, 3.05) is 0 Å². The van der Waals surface area contributed by atoms with Crippen LogP contribution in [0.3, 0.4) is 0 Å². The number of hydrogen-bond donors (Lipinski definition) is 0. The molecular formula is C10H4BrF9. The summed E-state index contributed by atoms with van der Waals surface area (Å²) in [5.74, 6) is -9.16. The molecule has 0 aromatic heterocycles. The first kappa shape index (κ1) is 17.1. The number of halogens is 10. The maximum Gasteiger partial charge on any atom is 0.401 e. The van der Waals surface area contributed by atoms with Gasteiger partial charge in [0, 0.05) is 11.6 Å². The second-order valence-corrected chi connectivity index (χ2v) is 4.74. The minimum atomic E-state index is -5.75. The Morgan fingerprint density at radius 2 is 1.15 bits per heavy atom. The van der Waals surface area contributed by atoms with Gasteiger partial charge in [-0.2, -0.15) is 26.3 Å². The minimum absolute atomic E-state index is 0.0471. The van der Waals surface area contributed by atoms with E-state index in [2.05, 4.69) is 15.9 Å². The summed E-state index contributed by atoms with van der Waals surface area (Å²) in [4.78, 5) is -2.64. The van der Waals surface area contributed by atoms with Crippen LogP contribution < -0.4 is 0 Å². The summed E-state index contributed by atoms with van der Waals surface area (Å²) in [7, 11) is 0. The van der Waals surface area contributed by atoms with Crippen molar-refractivity contribution in [2.45, 2.75) is 17.2 Å². The standard InChI is InChI=1S/C10H4BrF9/c11-7(8(9(15,16)17)10(18,19)20)3-1-5(13)6(14)2-4(3)12/h1-2,7-8H. The Hall–Kier alpha value is -0.930. The van der Waals surface area contributed by atoms with E-state index in [9.17, 15) is 39.5 Å². The van der Waals surface area contributed by atoms with Crippen LogP contribution in [0.1, 0.15) is 10.4 Å². The molecule has 0 nitrogen and oxygen atoms in total. The van der Waals surface area contributed by atoms with E-state index < -0.39 is 46.1 Å². The molecule has 0 spiro atoms. The van der Waals surface area contributed by atoms with Crippen LogP contribution in [-0.2, 0) is 0 Å². The van der Waals surface area contributed by atoms with Crippen LogP contribution in [0.25, 0.3) is 0 Å². The van der Waals surface area contributed by atoms with Crippen molar-refractivity contribution in [3.05, 3.63) is 35.1 Å². The molecule has 0 aliphatic carbocycles. The van der Waals surface area contributed by atoms with E-state index >= 15 is 0 Å². The first-order valence-electron chi connectivity index (χ1n) is 4.77. The van der Waals surface area contributed by atoms with Crippen molar-refractivity contribution in [2.24, 2.45) is 5.92 Å². The molecule has 1 atom stereocenters. The molecule has 0 radical (unpaired) electrons. The van der Waals surface area contributed by atoms with E-state index in [4.69, 9.17) is 0 Å². The van der Waals surface area contributed by atoms with Gasteiger partial charge in [-0.25, -0.2) is 13.2 Å². The van der Waals surface area contributed by atoms with E-state index in [0.717, 1.165) is 0 Å². The summed E-state index contributed by atoms with van der Waals surface area (Å²) in [5, 5.41) is 0. The lowest BCUT2D eigenvalue weighted by Gasteiger charge is -2.27. The lowest BCUT2D eigenvalue weighted by molar-refractivity contribution is -0.283. The van der Waals surface area contributed by atoms with E-state index in [1.54, 1.807) is 0 Å². The van der Waals surface area contributed by atoms with E-state index in [0.29, 0.717) is 0 Å². The number of hydrogen-bond acceptors (Lipinski definition) is 0. The fourth-order valence-electron chi connectivity index (χ4n) is 1.45. The Morgan fingerprint density at radius 1 is 0.750 bits per heavy atom. The van der Waals surface area contributed by atoms with E-state index in [1.165, 1.54) is 0 Å². The van der Waals surface area contributed by atoms with Crippen LogP contribution in [0.2, 0.25) is 0 Å². The van der Waals surface area contributed by atoms with E-state index in [1.807, 2.05) is 0 Å². The molecule has 1 aromatic carbocycles. The highest BCUT2D eigenvalue weighted by Gasteiger charge is 2.60. The van der Waals surface area contributed by atoms with Gasteiger partial charge in [0.05, 0.1) is 4.83 Å². The van der Waals surface area contributed by atoms with Gasteiger partial charge in [-0.3, -0.25) is 0 Å². The topological polar surface area (TPSA) is 0 Å². The molecule has 0 N–H and O–H groups in total. The highest BCUT2D eigenvalue weighted by Crippen LogP contribution is 2.50. The van der Waals surface area contributed by atoms with Gasteiger partial charge in [-0.05, 0) is 6.07 Å². The van der Waals surface area contributed by atoms with Gasteiger partial charge in [-0.1, -0.05) is 15.9 Å². The quantitative estimate of drug-likeness (QED) is 0.375. The molecule has 20 heavy (non-hydrogen) atoms. The van der Waals surface area contributed by atoms with Crippen molar-refractivity contribution in [1.29, 1.82) is 0 Å². The second-order valence-electron chi connectivity index (χ2n) is 3.75. The zero-order chi connectivity index (χ0) is 15.9. The Bertz CT molecular complexity index is 477. The molecule has 0 saturated heterocycles. The Kier molecular flexibility index (Phi) is 4.67. The van der Waals surface area contributed by atoms with Crippen molar-refractivity contribution in [1.82, 2.24) is 0 Å². The Labute approximate surface area is 114 Å². The van der Waals surface area contributed by atoms with Gasteiger partial charge in [0.2, 0.25) is 0 Å². The van der Waals surface area contributed by atoms with Gasteiger partial charge in [0.25, 0.3) is 0 Å². The highest BCUT2D eigenvalue weighted by molar-refractivity contribution is 9.09. The number of rotatable bonds is 2. The van der Waals surface area contributed by atoms with Gasteiger partial charge in [0.1, 0.15) is 5.82 Å². The zero-order valence-electron chi connectivity index (χ0n) is 9.09. The smallest absolute Gasteiger partial charge is 0.207 e. The normalized spacial score (nSPS) is 14.8. The van der Waals surface area contributed by atoms with Crippen LogP contribution in [0, 0.1) is 23.4 Å². The average Bonchev–Trinajstić information content (AvgIpc) is 2.18. The van der Waals surface area contributed by atoms with E-state index in [-0.39, 0.29) is 12.1 Å². The summed E-state index contributed by atoms with van der Waals surface area (Å²) in [6.07, 6.45) is -11.5. The van der Waals surface area contributed by atoms with Crippen molar-refractivity contribution < 1.29 is 39.5 Å². The molecule has 1 aromatic rings.